The molecule has 0 fully saturated rings. The van der Waals surface area contributed by atoms with Crippen molar-refractivity contribution in [3.63, 3.8) is 0 Å². The first-order chi connectivity index (χ1) is 16.7. The summed E-state index contributed by atoms with van der Waals surface area (Å²) in [7, 11) is -4.01. The number of carbonyl (C=O) groups is 2. The number of ether oxygens (including phenoxy) is 1. The van der Waals surface area contributed by atoms with E-state index in [1.807, 2.05) is 37.3 Å². The molecular formula is C26H29N3O5S. The molecule has 0 radical (unpaired) electrons. The molecule has 3 aromatic carbocycles. The Bertz CT molecular complexity index is 1280. The van der Waals surface area contributed by atoms with Gasteiger partial charge in [0.15, 0.2) is 0 Å². The fraction of sp³-hybridized carbons (Fsp3) is 0.231. The minimum Gasteiger partial charge on any atom is -0.494 e. The number of hydrogen-bond acceptors (Lipinski definition) is 5. The van der Waals surface area contributed by atoms with Crippen molar-refractivity contribution in [1.29, 1.82) is 0 Å². The van der Waals surface area contributed by atoms with Crippen LogP contribution in [0.5, 0.6) is 5.75 Å². The zero-order chi connectivity index (χ0) is 25.4. The van der Waals surface area contributed by atoms with E-state index in [2.05, 4.69) is 15.4 Å². The van der Waals surface area contributed by atoms with Crippen LogP contribution in [0.1, 0.15) is 25.0 Å². The Morgan fingerprint density at radius 1 is 0.914 bits per heavy atom. The first-order valence-corrected chi connectivity index (χ1v) is 12.6. The van der Waals surface area contributed by atoms with Crippen LogP contribution in [0, 0.1) is 6.92 Å². The predicted octanol–water partition coefficient (Wildman–Crippen LogP) is 3.88. The third-order valence-corrected chi connectivity index (χ3v) is 6.60. The number of carbonyl (C=O) groups excluding carboxylic acids is 2. The van der Waals surface area contributed by atoms with Gasteiger partial charge < -0.3 is 15.4 Å². The zero-order valence-corrected chi connectivity index (χ0v) is 20.7. The molecule has 184 valence electrons. The molecular weight excluding hydrogens is 466 g/mol. The van der Waals surface area contributed by atoms with Crippen molar-refractivity contribution in [3.05, 3.63) is 83.9 Å². The van der Waals surface area contributed by atoms with Crippen molar-refractivity contribution in [3.8, 4) is 5.75 Å². The highest BCUT2D eigenvalue weighted by atomic mass is 32.2. The zero-order valence-electron chi connectivity index (χ0n) is 19.9. The molecule has 2 amide bonds. The van der Waals surface area contributed by atoms with E-state index in [9.17, 15) is 18.0 Å². The molecule has 8 nitrogen and oxygen atoms in total. The first kappa shape index (κ1) is 25.9. The van der Waals surface area contributed by atoms with Crippen LogP contribution in [0.25, 0.3) is 0 Å². The molecule has 0 aliphatic heterocycles. The van der Waals surface area contributed by atoms with E-state index in [0.717, 1.165) is 5.56 Å². The molecule has 0 heterocycles. The van der Waals surface area contributed by atoms with Gasteiger partial charge in [-0.1, -0.05) is 30.3 Å². The van der Waals surface area contributed by atoms with E-state index in [-0.39, 0.29) is 17.2 Å². The van der Waals surface area contributed by atoms with Gasteiger partial charge in [0.25, 0.3) is 0 Å². The minimum absolute atomic E-state index is 0.0453. The average Bonchev–Trinajstić information content (AvgIpc) is 2.81. The summed E-state index contributed by atoms with van der Waals surface area (Å²) in [5.41, 5.74) is 2.54. The summed E-state index contributed by atoms with van der Waals surface area (Å²) in [6.07, 6.45) is 0.159. The summed E-state index contributed by atoms with van der Waals surface area (Å²) in [5.74, 6) is -0.108. The highest BCUT2D eigenvalue weighted by Crippen LogP contribution is 2.22. The lowest BCUT2D eigenvalue weighted by Gasteiger charge is -2.19. The third-order valence-electron chi connectivity index (χ3n) is 5.13. The van der Waals surface area contributed by atoms with E-state index in [1.165, 1.54) is 19.1 Å². The van der Waals surface area contributed by atoms with Gasteiger partial charge in [0.05, 0.1) is 11.5 Å². The normalized spacial score (nSPS) is 12.0. The van der Waals surface area contributed by atoms with Gasteiger partial charge in [0.2, 0.25) is 21.8 Å². The van der Waals surface area contributed by atoms with Crippen molar-refractivity contribution in [1.82, 2.24) is 4.72 Å². The molecule has 1 unspecified atom stereocenters. The summed E-state index contributed by atoms with van der Waals surface area (Å²) < 4.78 is 34.4. The Morgan fingerprint density at radius 2 is 1.54 bits per heavy atom. The quantitative estimate of drug-likeness (QED) is 0.395. The van der Waals surface area contributed by atoms with Gasteiger partial charge in [0.1, 0.15) is 11.8 Å². The number of aryl methyl sites for hydroxylation is 1. The number of amides is 2. The van der Waals surface area contributed by atoms with Crippen LogP contribution in [0.3, 0.4) is 0 Å². The van der Waals surface area contributed by atoms with Gasteiger partial charge in [-0.25, -0.2) is 8.42 Å². The van der Waals surface area contributed by atoms with Gasteiger partial charge in [0, 0.05) is 18.3 Å². The van der Waals surface area contributed by atoms with Crippen molar-refractivity contribution >= 4 is 33.2 Å². The van der Waals surface area contributed by atoms with Crippen molar-refractivity contribution in [2.45, 2.75) is 38.1 Å². The summed E-state index contributed by atoms with van der Waals surface area (Å²) >= 11 is 0. The molecule has 0 spiro atoms. The molecule has 3 N–H and O–H groups in total. The molecule has 0 saturated heterocycles. The molecule has 0 bridgehead atoms. The number of sulfonamides is 1. The highest BCUT2D eigenvalue weighted by molar-refractivity contribution is 7.89. The molecule has 35 heavy (non-hydrogen) atoms. The number of anilines is 2. The highest BCUT2D eigenvalue weighted by Gasteiger charge is 2.27. The monoisotopic (exact) mass is 495 g/mol. The van der Waals surface area contributed by atoms with E-state index in [4.69, 9.17) is 4.74 Å². The van der Waals surface area contributed by atoms with Crippen LogP contribution in [0.2, 0.25) is 0 Å². The molecule has 0 aromatic heterocycles. The second-order valence-corrected chi connectivity index (χ2v) is 9.69. The van der Waals surface area contributed by atoms with E-state index >= 15 is 0 Å². The lowest BCUT2D eigenvalue weighted by molar-refractivity contribution is -0.117. The number of benzene rings is 3. The number of nitrogens with one attached hydrogen (secondary N) is 3. The Hall–Kier alpha value is -3.69. The molecule has 0 saturated carbocycles. The fourth-order valence-electron chi connectivity index (χ4n) is 3.47. The fourth-order valence-corrected chi connectivity index (χ4v) is 4.75. The second kappa shape index (κ2) is 11.6. The average molecular weight is 496 g/mol. The second-order valence-electron chi connectivity index (χ2n) is 7.97. The molecule has 3 aromatic rings. The Kier molecular flexibility index (Phi) is 8.62. The largest absolute Gasteiger partial charge is 0.494 e. The van der Waals surface area contributed by atoms with Gasteiger partial charge in [-0.2, -0.15) is 4.72 Å². The summed E-state index contributed by atoms with van der Waals surface area (Å²) in [4.78, 5) is 24.4. The SMILES string of the molecule is CCOc1ccc(S(=O)(=O)NC(Cc2ccccc2)C(=O)Nc2ccc(NC(C)=O)cc2)cc1C. The Labute approximate surface area is 205 Å². The minimum atomic E-state index is -4.01. The van der Waals surface area contributed by atoms with E-state index in [1.54, 1.807) is 37.3 Å². The molecule has 3 rings (SSSR count). The predicted molar refractivity (Wildman–Crippen MR) is 136 cm³/mol. The standard InChI is InChI=1S/C26H29N3O5S/c1-4-34-25-15-14-23(16-18(25)2)35(32,33)29-24(17-20-8-6-5-7-9-20)26(31)28-22-12-10-21(11-13-22)27-19(3)30/h5-16,24,29H,4,17H2,1-3H3,(H,27,30)(H,28,31). The van der Waals surface area contributed by atoms with Crippen LogP contribution < -0.4 is 20.1 Å². The summed E-state index contributed by atoms with van der Waals surface area (Å²) in [5, 5.41) is 5.41. The smallest absolute Gasteiger partial charge is 0.242 e. The molecule has 1 atom stereocenters. The van der Waals surface area contributed by atoms with E-state index in [0.29, 0.717) is 29.3 Å². The van der Waals surface area contributed by atoms with Crippen LogP contribution in [-0.2, 0) is 26.0 Å². The Morgan fingerprint density at radius 3 is 2.11 bits per heavy atom. The van der Waals surface area contributed by atoms with Crippen LogP contribution in [0.15, 0.2) is 77.7 Å². The van der Waals surface area contributed by atoms with Crippen LogP contribution in [0.4, 0.5) is 11.4 Å². The molecule has 9 heteroatoms. The van der Waals surface area contributed by atoms with Crippen LogP contribution >= 0.6 is 0 Å². The lowest BCUT2D eigenvalue weighted by Crippen LogP contribution is -2.45. The Balaban J connectivity index is 1.83. The number of rotatable bonds is 10. The topological polar surface area (TPSA) is 114 Å². The van der Waals surface area contributed by atoms with Crippen LogP contribution in [-0.4, -0.2) is 32.9 Å². The first-order valence-electron chi connectivity index (χ1n) is 11.2. The van der Waals surface area contributed by atoms with Crippen molar-refractivity contribution < 1.29 is 22.7 Å². The third kappa shape index (κ3) is 7.40. The summed E-state index contributed by atoms with van der Waals surface area (Å²) in [6, 6.07) is 19.2. The van der Waals surface area contributed by atoms with Gasteiger partial charge in [-0.15, -0.1) is 0 Å². The lowest BCUT2D eigenvalue weighted by atomic mass is 10.1. The van der Waals surface area contributed by atoms with Crippen molar-refractivity contribution in [2.75, 3.05) is 17.2 Å². The molecule has 0 aliphatic rings. The maximum atomic E-state index is 13.2. The van der Waals surface area contributed by atoms with Gasteiger partial charge >= 0.3 is 0 Å². The van der Waals surface area contributed by atoms with Gasteiger partial charge in [-0.05, 0) is 73.9 Å². The van der Waals surface area contributed by atoms with E-state index < -0.39 is 22.0 Å². The summed E-state index contributed by atoms with van der Waals surface area (Å²) in [6.45, 7) is 5.49. The van der Waals surface area contributed by atoms with Gasteiger partial charge in [-0.3, -0.25) is 9.59 Å². The maximum Gasteiger partial charge on any atom is 0.242 e. The molecule has 0 aliphatic carbocycles. The maximum absolute atomic E-state index is 13.2. The van der Waals surface area contributed by atoms with Crippen molar-refractivity contribution in [2.24, 2.45) is 0 Å². The number of hydrogen-bond donors (Lipinski definition) is 3.